The number of piperazine rings is 1. The summed E-state index contributed by atoms with van der Waals surface area (Å²) in [6.07, 6.45) is 0. The van der Waals surface area contributed by atoms with Crippen molar-refractivity contribution >= 4 is 29.4 Å². The molecule has 0 bridgehead atoms. The molecule has 160 valence electrons. The predicted octanol–water partition coefficient (Wildman–Crippen LogP) is 2.46. The molecule has 1 saturated heterocycles. The van der Waals surface area contributed by atoms with Crippen LogP contribution < -0.4 is 4.74 Å². The fourth-order valence-electron chi connectivity index (χ4n) is 2.99. The molecule has 0 atom stereocenters. The molecule has 2 aromatic rings. The van der Waals surface area contributed by atoms with Crippen molar-refractivity contribution in [3.8, 4) is 5.75 Å². The number of carboxylic acid groups (broad SMARTS) is 2. The lowest BCUT2D eigenvalue weighted by Crippen LogP contribution is -2.48. The van der Waals surface area contributed by atoms with Gasteiger partial charge in [-0.3, -0.25) is 9.69 Å². The van der Waals surface area contributed by atoms with Gasteiger partial charge in [0.1, 0.15) is 5.75 Å². The van der Waals surface area contributed by atoms with E-state index in [1.165, 1.54) is 5.56 Å². The number of methoxy groups -OCH3 is 1. The molecule has 0 spiro atoms. The summed E-state index contributed by atoms with van der Waals surface area (Å²) in [6, 6.07) is 15.3. The molecule has 0 aromatic heterocycles. The normalized spacial score (nSPS) is 13.7. The summed E-state index contributed by atoms with van der Waals surface area (Å²) in [5.41, 5.74) is 1.83. The summed E-state index contributed by atoms with van der Waals surface area (Å²) in [5, 5.41) is 15.5. The van der Waals surface area contributed by atoms with E-state index in [9.17, 15) is 4.79 Å². The van der Waals surface area contributed by atoms with E-state index in [2.05, 4.69) is 11.0 Å². The van der Waals surface area contributed by atoms with Gasteiger partial charge in [-0.1, -0.05) is 35.9 Å². The Balaban J connectivity index is 0.000000469. The van der Waals surface area contributed by atoms with Crippen LogP contribution in [-0.4, -0.2) is 71.1 Å². The second-order valence-corrected chi connectivity index (χ2v) is 6.95. The number of benzene rings is 2. The van der Waals surface area contributed by atoms with Gasteiger partial charge >= 0.3 is 11.9 Å². The van der Waals surface area contributed by atoms with Crippen molar-refractivity contribution in [1.82, 2.24) is 9.80 Å². The third-order valence-corrected chi connectivity index (χ3v) is 4.71. The van der Waals surface area contributed by atoms with Gasteiger partial charge in [0.05, 0.1) is 12.7 Å². The van der Waals surface area contributed by atoms with Gasteiger partial charge in [-0.25, -0.2) is 9.59 Å². The fourth-order valence-corrected chi connectivity index (χ4v) is 3.21. The summed E-state index contributed by atoms with van der Waals surface area (Å²) < 4.78 is 5.30. The number of ether oxygens (including phenoxy) is 1. The van der Waals surface area contributed by atoms with Crippen LogP contribution >= 0.6 is 11.6 Å². The van der Waals surface area contributed by atoms with Crippen LogP contribution in [0.15, 0.2) is 48.5 Å². The molecule has 8 nitrogen and oxygen atoms in total. The number of halogens is 1. The quantitative estimate of drug-likeness (QED) is 0.711. The SMILES string of the molecule is COc1ccccc1C(=O)N1CCN(Cc2cccc(Cl)c2)CC1.O=C(O)C(=O)O. The molecular weight excluding hydrogens is 412 g/mol. The molecule has 1 amide bonds. The zero-order chi connectivity index (χ0) is 22.1. The van der Waals surface area contributed by atoms with Crippen molar-refractivity contribution in [3.63, 3.8) is 0 Å². The monoisotopic (exact) mass is 434 g/mol. The Morgan fingerprint density at radius 2 is 1.60 bits per heavy atom. The van der Waals surface area contributed by atoms with Crippen molar-refractivity contribution < 1.29 is 29.3 Å². The maximum Gasteiger partial charge on any atom is 0.414 e. The van der Waals surface area contributed by atoms with Crippen LogP contribution in [0.1, 0.15) is 15.9 Å². The Bertz CT molecular complexity index is 885. The minimum atomic E-state index is -1.82. The Morgan fingerprint density at radius 3 is 2.17 bits per heavy atom. The molecule has 0 unspecified atom stereocenters. The lowest BCUT2D eigenvalue weighted by molar-refractivity contribution is -0.159. The van der Waals surface area contributed by atoms with Gasteiger partial charge in [-0.15, -0.1) is 0 Å². The lowest BCUT2D eigenvalue weighted by Gasteiger charge is -2.35. The maximum absolute atomic E-state index is 12.7. The first-order valence-electron chi connectivity index (χ1n) is 9.17. The third kappa shape index (κ3) is 6.75. The number of para-hydroxylation sites is 1. The zero-order valence-corrected chi connectivity index (χ0v) is 17.2. The zero-order valence-electron chi connectivity index (χ0n) is 16.5. The molecule has 30 heavy (non-hydrogen) atoms. The lowest BCUT2D eigenvalue weighted by atomic mass is 10.1. The number of carbonyl (C=O) groups excluding carboxylic acids is 1. The second kappa shape index (κ2) is 11.2. The van der Waals surface area contributed by atoms with Crippen molar-refractivity contribution in [1.29, 1.82) is 0 Å². The minimum Gasteiger partial charge on any atom is -0.496 e. The summed E-state index contributed by atoms with van der Waals surface area (Å²) in [4.78, 5) is 35.1. The Hall–Kier alpha value is -3.10. The number of rotatable bonds is 4. The van der Waals surface area contributed by atoms with Crippen LogP contribution in [-0.2, 0) is 16.1 Å². The molecule has 0 saturated carbocycles. The summed E-state index contributed by atoms with van der Waals surface area (Å²) in [5.74, 6) is -2.98. The standard InChI is InChI=1S/C19H21ClN2O2.C2H2O4/c1-24-18-8-3-2-7-17(18)19(23)22-11-9-21(10-12-22)14-15-5-4-6-16(20)13-15;3-1(4)2(5)6/h2-8,13H,9-12,14H2,1H3;(H,3,4)(H,5,6). The van der Waals surface area contributed by atoms with Crippen molar-refractivity contribution in [3.05, 3.63) is 64.7 Å². The molecule has 1 aliphatic rings. The summed E-state index contributed by atoms with van der Waals surface area (Å²) >= 11 is 6.04. The number of hydrogen-bond donors (Lipinski definition) is 2. The average Bonchev–Trinajstić information content (AvgIpc) is 2.74. The van der Waals surface area contributed by atoms with E-state index in [4.69, 9.17) is 36.1 Å². The van der Waals surface area contributed by atoms with Crippen LogP contribution in [0.5, 0.6) is 5.75 Å². The van der Waals surface area contributed by atoms with Crippen molar-refractivity contribution in [2.75, 3.05) is 33.3 Å². The molecule has 0 aliphatic carbocycles. The Kier molecular flexibility index (Phi) is 8.64. The van der Waals surface area contributed by atoms with Crippen LogP contribution in [0.3, 0.4) is 0 Å². The highest BCUT2D eigenvalue weighted by atomic mass is 35.5. The molecule has 3 rings (SSSR count). The van der Waals surface area contributed by atoms with Gasteiger partial charge < -0.3 is 19.8 Å². The minimum absolute atomic E-state index is 0.0369. The number of amides is 1. The van der Waals surface area contributed by atoms with E-state index in [-0.39, 0.29) is 5.91 Å². The number of hydrogen-bond acceptors (Lipinski definition) is 5. The number of aliphatic carboxylic acids is 2. The van der Waals surface area contributed by atoms with Gasteiger partial charge in [0.2, 0.25) is 0 Å². The first-order chi connectivity index (χ1) is 14.3. The fraction of sp³-hybridized carbons (Fsp3) is 0.286. The van der Waals surface area contributed by atoms with E-state index in [0.29, 0.717) is 11.3 Å². The van der Waals surface area contributed by atoms with E-state index < -0.39 is 11.9 Å². The van der Waals surface area contributed by atoms with Crippen LogP contribution in [0.2, 0.25) is 5.02 Å². The predicted molar refractivity (Wildman–Crippen MR) is 111 cm³/mol. The van der Waals surface area contributed by atoms with Crippen LogP contribution in [0.4, 0.5) is 0 Å². The first-order valence-corrected chi connectivity index (χ1v) is 9.55. The second-order valence-electron chi connectivity index (χ2n) is 6.51. The highest BCUT2D eigenvalue weighted by molar-refractivity contribution is 6.30. The molecule has 1 heterocycles. The molecule has 2 aromatic carbocycles. The van der Waals surface area contributed by atoms with Crippen molar-refractivity contribution in [2.45, 2.75) is 6.54 Å². The Morgan fingerprint density at radius 1 is 0.967 bits per heavy atom. The maximum atomic E-state index is 12.7. The summed E-state index contributed by atoms with van der Waals surface area (Å²) in [6.45, 7) is 4.01. The van der Waals surface area contributed by atoms with E-state index in [1.807, 2.05) is 47.4 Å². The van der Waals surface area contributed by atoms with Gasteiger partial charge in [0.25, 0.3) is 5.91 Å². The van der Waals surface area contributed by atoms with Crippen LogP contribution in [0.25, 0.3) is 0 Å². The van der Waals surface area contributed by atoms with Gasteiger partial charge in [0.15, 0.2) is 0 Å². The van der Waals surface area contributed by atoms with E-state index >= 15 is 0 Å². The smallest absolute Gasteiger partial charge is 0.414 e. The third-order valence-electron chi connectivity index (χ3n) is 4.48. The molecule has 1 fully saturated rings. The van der Waals surface area contributed by atoms with Crippen LogP contribution in [0, 0.1) is 0 Å². The topological polar surface area (TPSA) is 107 Å². The van der Waals surface area contributed by atoms with Crippen molar-refractivity contribution in [2.24, 2.45) is 0 Å². The number of nitrogens with zero attached hydrogens (tertiary/aromatic N) is 2. The number of carboxylic acids is 2. The highest BCUT2D eigenvalue weighted by Crippen LogP contribution is 2.20. The first kappa shape index (κ1) is 23.2. The van der Waals surface area contributed by atoms with E-state index in [0.717, 1.165) is 37.7 Å². The molecule has 1 aliphatic heterocycles. The number of carbonyl (C=O) groups is 3. The van der Waals surface area contributed by atoms with Gasteiger partial charge in [-0.2, -0.15) is 0 Å². The molecule has 2 N–H and O–H groups in total. The Labute approximate surface area is 179 Å². The molecule has 0 radical (unpaired) electrons. The largest absolute Gasteiger partial charge is 0.496 e. The van der Waals surface area contributed by atoms with Gasteiger partial charge in [0, 0.05) is 37.7 Å². The summed E-state index contributed by atoms with van der Waals surface area (Å²) in [7, 11) is 1.59. The highest BCUT2D eigenvalue weighted by Gasteiger charge is 2.24. The molecule has 9 heteroatoms. The average molecular weight is 435 g/mol. The van der Waals surface area contributed by atoms with E-state index in [1.54, 1.807) is 7.11 Å². The molecular formula is C21H23ClN2O6. The van der Waals surface area contributed by atoms with Gasteiger partial charge in [-0.05, 0) is 29.8 Å².